The number of esters is 1. The Morgan fingerprint density at radius 1 is 1.42 bits per heavy atom. The van der Waals surface area contributed by atoms with Gasteiger partial charge in [0.15, 0.2) is 0 Å². The largest absolute Gasteiger partial charge is 0.469 e. The van der Waals surface area contributed by atoms with Crippen molar-refractivity contribution in [3.05, 3.63) is 0 Å². The quantitative estimate of drug-likeness (QED) is 0.719. The summed E-state index contributed by atoms with van der Waals surface area (Å²) in [5.41, 5.74) is -0.367. The van der Waals surface area contributed by atoms with Gasteiger partial charge in [-0.25, -0.2) is 0 Å². The maximum absolute atomic E-state index is 12.1. The monoisotopic (exact) mass is 269 g/mol. The lowest BCUT2D eigenvalue weighted by Gasteiger charge is -2.36. The van der Waals surface area contributed by atoms with E-state index in [1.54, 1.807) is 0 Å². The molecule has 1 saturated heterocycles. The first-order valence-electron chi connectivity index (χ1n) is 7.61. The smallest absolute Gasteiger partial charge is 0.313 e. The van der Waals surface area contributed by atoms with Crippen LogP contribution in [0.25, 0.3) is 0 Å². The first kappa shape index (κ1) is 14.8. The fourth-order valence-corrected chi connectivity index (χ4v) is 3.07. The predicted octanol–water partition coefficient (Wildman–Crippen LogP) is 2.12. The first-order chi connectivity index (χ1) is 9.22. The summed E-state index contributed by atoms with van der Waals surface area (Å²) < 4.78 is 10.4. The van der Waals surface area contributed by atoms with E-state index in [1.165, 1.54) is 32.8 Å². The molecule has 2 aliphatic rings. The van der Waals surface area contributed by atoms with Crippen molar-refractivity contribution >= 4 is 5.97 Å². The molecule has 4 heteroatoms. The molecule has 1 heterocycles. The van der Waals surface area contributed by atoms with Crippen LogP contribution in [0, 0.1) is 11.3 Å². The zero-order valence-electron chi connectivity index (χ0n) is 12.2. The van der Waals surface area contributed by atoms with Crippen LogP contribution in [-0.2, 0) is 14.3 Å². The molecule has 1 N–H and O–H groups in total. The number of ether oxygens (including phenoxy) is 2. The number of hydrogen-bond acceptors (Lipinski definition) is 4. The zero-order chi connectivity index (χ0) is 13.7. The normalized spacial score (nSPS) is 23.9. The van der Waals surface area contributed by atoms with E-state index in [9.17, 15) is 4.79 Å². The van der Waals surface area contributed by atoms with Gasteiger partial charge >= 0.3 is 5.97 Å². The molecule has 4 nitrogen and oxygen atoms in total. The van der Waals surface area contributed by atoms with Gasteiger partial charge < -0.3 is 14.8 Å². The molecule has 0 aromatic rings. The van der Waals surface area contributed by atoms with Gasteiger partial charge in [-0.05, 0) is 38.0 Å². The predicted molar refractivity (Wildman–Crippen MR) is 73.9 cm³/mol. The highest BCUT2D eigenvalue weighted by Gasteiger charge is 2.42. The lowest BCUT2D eigenvalue weighted by Crippen LogP contribution is -2.48. The minimum absolute atomic E-state index is 0.0747. The number of nitrogens with one attached hydrogen (secondary N) is 1. The van der Waals surface area contributed by atoms with Crippen LogP contribution in [0.2, 0.25) is 0 Å². The van der Waals surface area contributed by atoms with E-state index < -0.39 is 0 Å². The molecule has 1 aliphatic carbocycles. The van der Waals surface area contributed by atoms with Gasteiger partial charge in [0.1, 0.15) is 0 Å². The molecule has 1 saturated carbocycles. The second kappa shape index (κ2) is 6.71. The summed E-state index contributed by atoms with van der Waals surface area (Å²) in [6.45, 7) is 4.29. The number of hydrogen-bond donors (Lipinski definition) is 1. The molecule has 1 atom stereocenters. The third-order valence-electron chi connectivity index (χ3n) is 4.56. The molecular formula is C15H27NO3. The molecule has 0 amide bonds. The summed E-state index contributed by atoms with van der Waals surface area (Å²) in [4.78, 5) is 12.1. The molecule has 0 radical (unpaired) electrons. The van der Waals surface area contributed by atoms with E-state index in [2.05, 4.69) is 12.2 Å². The summed E-state index contributed by atoms with van der Waals surface area (Å²) in [6, 6.07) is 0.578. The molecular weight excluding hydrogens is 242 g/mol. The molecule has 19 heavy (non-hydrogen) atoms. The van der Waals surface area contributed by atoms with Gasteiger partial charge in [0.25, 0.3) is 0 Å². The van der Waals surface area contributed by atoms with Crippen molar-refractivity contribution < 1.29 is 14.3 Å². The summed E-state index contributed by atoms with van der Waals surface area (Å²) in [5.74, 6) is 0.754. The van der Waals surface area contributed by atoms with E-state index >= 15 is 0 Å². The molecule has 2 fully saturated rings. The number of carbonyl (C=O) groups is 1. The summed E-state index contributed by atoms with van der Waals surface area (Å²) in [6.07, 6.45) is 6.63. The van der Waals surface area contributed by atoms with Gasteiger partial charge in [-0.2, -0.15) is 0 Å². The zero-order valence-corrected chi connectivity index (χ0v) is 12.2. The van der Waals surface area contributed by atoms with Gasteiger partial charge in [0.2, 0.25) is 0 Å². The Morgan fingerprint density at radius 2 is 2.11 bits per heavy atom. The molecule has 0 bridgehead atoms. The van der Waals surface area contributed by atoms with Crippen LogP contribution in [0.4, 0.5) is 0 Å². The minimum atomic E-state index is -0.367. The fourth-order valence-electron chi connectivity index (χ4n) is 3.07. The molecule has 1 aliphatic heterocycles. The van der Waals surface area contributed by atoms with Crippen LogP contribution in [-0.4, -0.2) is 38.9 Å². The van der Waals surface area contributed by atoms with Gasteiger partial charge in [0.05, 0.1) is 12.5 Å². The van der Waals surface area contributed by atoms with E-state index in [1.807, 2.05) is 0 Å². The van der Waals surface area contributed by atoms with Crippen molar-refractivity contribution in [1.29, 1.82) is 0 Å². The van der Waals surface area contributed by atoms with Crippen molar-refractivity contribution in [1.82, 2.24) is 5.32 Å². The van der Waals surface area contributed by atoms with Crippen molar-refractivity contribution in [3.8, 4) is 0 Å². The fraction of sp³-hybridized carbons (Fsp3) is 0.933. The third kappa shape index (κ3) is 3.69. The Balaban J connectivity index is 1.93. The van der Waals surface area contributed by atoms with Crippen LogP contribution in [0.3, 0.4) is 0 Å². The van der Waals surface area contributed by atoms with E-state index in [4.69, 9.17) is 9.47 Å². The average Bonchev–Trinajstić information content (AvgIpc) is 3.28. The topological polar surface area (TPSA) is 47.6 Å². The Morgan fingerprint density at radius 3 is 2.63 bits per heavy atom. The minimum Gasteiger partial charge on any atom is -0.469 e. The second-order valence-corrected chi connectivity index (χ2v) is 6.00. The number of carbonyl (C=O) groups excluding carboxylic acids is 1. The molecule has 0 spiro atoms. The second-order valence-electron chi connectivity index (χ2n) is 6.00. The first-order valence-corrected chi connectivity index (χ1v) is 7.61. The molecule has 0 aromatic carbocycles. The van der Waals surface area contributed by atoms with E-state index in [0.717, 1.165) is 25.3 Å². The van der Waals surface area contributed by atoms with Crippen LogP contribution in [0.15, 0.2) is 0 Å². The van der Waals surface area contributed by atoms with Crippen molar-refractivity contribution in [3.63, 3.8) is 0 Å². The molecule has 2 rings (SSSR count). The lowest BCUT2D eigenvalue weighted by molar-refractivity contribution is -0.158. The van der Waals surface area contributed by atoms with Gasteiger partial charge in [-0.3, -0.25) is 4.79 Å². The van der Waals surface area contributed by atoms with Crippen LogP contribution in [0.5, 0.6) is 0 Å². The standard InChI is InChI=1S/C15H27NO3/c1-3-4-13(12-5-6-12)16-11-15(14(17)18-2)7-9-19-10-8-15/h12-13,16H,3-11H2,1-2H3/t13-/m1/s1. The van der Waals surface area contributed by atoms with E-state index in [-0.39, 0.29) is 11.4 Å². The van der Waals surface area contributed by atoms with Crippen LogP contribution < -0.4 is 5.32 Å². The van der Waals surface area contributed by atoms with Gasteiger partial charge in [-0.15, -0.1) is 0 Å². The maximum Gasteiger partial charge on any atom is 0.313 e. The number of methoxy groups -OCH3 is 1. The lowest BCUT2D eigenvalue weighted by atomic mass is 9.79. The molecule has 110 valence electrons. The molecule has 0 unspecified atom stereocenters. The van der Waals surface area contributed by atoms with E-state index in [0.29, 0.717) is 19.3 Å². The highest BCUT2D eigenvalue weighted by molar-refractivity contribution is 5.77. The summed E-state index contributed by atoms with van der Waals surface area (Å²) in [7, 11) is 1.49. The Kier molecular flexibility index (Phi) is 5.22. The van der Waals surface area contributed by atoms with Crippen molar-refractivity contribution in [2.24, 2.45) is 11.3 Å². The molecule has 0 aromatic heterocycles. The van der Waals surface area contributed by atoms with Crippen LogP contribution >= 0.6 is 0 Å². The van der Waals surface area contributed by atoms with Crippen molar-refractivity contribution in [2.45, 2.75) is 51.5 Å². The van der Waals surface area contributed by atoms with Gasteiger partial charge in [-0.1, -0.05) is 13.3 Å². The highest BCUT2D eigenvalue weighted by Crippen LogP contribution is 2.36. The SMILES string of the molecule is CCC[C@@H](NCC1(C(=O)OC)CCOCC1)C1CC1. The summed E-state index contributed by atoms with van der Waals surface area (Å²) in [5, 5.41) is 3.65. The van der Waals surface area contributed by atoms with Crippen LogP contribution in [0.1, 0.15) is 45.4 Å². The number of rotatable bonds is 7. The Bertz CT molecular complexity index is 296. The third-order valence-corrected chi connectivity index (χ3v) is 4.56. The van der Waals surface area contributed by atoms with Gasteiger partial charge in [0, 0.05) is 25.8 Å². The summed E-state index contributed by atoms with van der Waals surface area (Å²) >= 11 is 0. The Hall–Kier alpha value is -0.610. The maximum atomic E-state index is 12.1. The van der Waals surface area contributed by atoms with Crippen molar-refractivity contribution in [2.75, 3.05) is 26.9 Å². The highest BCUT2D eigenvalue weighted by atomic mass is 16.5. The average molecular weight is 269 g/mol. The Labute approximate surface area is 116 Å².